The van der Waals surface area contributed by atoms with E-state index in [1.165, 1.54) is 38.7 Å². The van der Waals surface area contributed by atoms with E-state index >= 15 is 0 Å². The molecule has 9 nitrogen and oxygen atoms in total. The lowest BCUT2D eigenvalue weighted by molar-refractivity contribution is 0.391. The summed E-state index contributed by atoms with van der Waals surface area (Å²) in [6.45, 7) is 1.02. The van der Waals surface area contributed by atoms with Gasteiger partial charge in [-0.1, -0.05) is 6.07 Å². The van der Waals surface area contributed by atoms with Gasteiger partial charge >= 0.3 is 0 Å². The second kappa shape index (κ2) is 11.5. The number of nitriles is 1. The Morgan fingerprint density at radius 1 is 1.03 bits per heavy atom. The molecule has 0 spiro atoms. The van der Waals surface area contributed by atoms with Gasteiger partial charge in [-0.15, -0.1) is 0 Å². The van der Waals surface area contributed by atoms with E-state index in [1.54, 1.807) is 36.4 Å². The number of aryl methyl sites for hydroxylation is 1. The second-order valence-electron chi connectivity index (χ2n) is 8.07. The van der Waals surface area contributed by atoms with Crippen LogP contribution >= 0.6 is 11.5 Å². The topological polar surface area (TPSA) is 115 Å². The van der Waals surface area contributed by atoms with Gasteiger partial charge < -0.3 is 14.2 Å². The Kier molecular flexibility index (Phi) is 8.09. The Labute approximate surface area is 223 Å². The number of methoxy groups -OCH3 is 2. The highest BCUT2D eigenvalue weighted by Gasteiger charge is 2.31. The molecule has 38 heavy (non-hydrogen) atoms. The number of hydrogen-bond acceptors (Lipinski definition) is 9. The van der Waals surface area contributed by atoms with Crippen LogP contribution < -0.4 is 18.5 Å². The molecule has 0 aliphatic carbocycles. The third-order valence-corrected chi connectivity index (χ3v) is 8.11. The Morgan fingerprint density at radius 2 is 1.82 bits per heavy atom. The van der Waals surface area contributed by atoms with E-state index in [2.05, 4.69) is 9.36 Å². The van der Waals surface area contributed by atoms with Crippen LogP contribution in [0.3, 0.4) is 0 Å². The average Bonchev–Trinajstić information content (AvgIpc) is 3.45. The SMILES string of the molecule is COc1ccc(CN(c2ncns2)S(=O)(=O)c2ccc(Oc3cc(C)cc(CF)c3)cc2C#N)c(OC)c1. The van der Waals surface area contributed by atoms with Gasteiger partial charge in [0.2, 0.25) is 5.13 Å². The lowest BCUT2D eigenvalue weighted by atomic mass is 10.1. The molecular weight excluding hydrogens is 531 g/mol. The number of rotatable bonds is 10. The van der Waals surface area contributed by atoms with Crippen molar-refractivity contribution >= 4 is 26.7 Å². The first-order valence-electron chi connectivity index (χ1n) is 11.2. The molecule has 0 aliphatic rings. The van der Waals surface area contributed by atoms with Crippen molar-refractivity contribution in [2.45, 2.75) is 25.0 Å². The summed E-state index contributed by atoms with van der Waals surface area (Å²) in [5.41, 5.74) is 1.67. The summed E-state index contributed by atoms with van der Waals surface area (Å²) in [6.07, 6.45) is 1.25. The van der Waals surface area contributed by atoms with E-state index in [-0.39, 0.29) is 27.9 Å². The van der Waals surface area contributed by atoms with Gasteiger partial charge in [-0.3, -0.25) is 0 Å². The molecule has 0 bridgehead atoms. The van der Waals surface area contributed by atoms with E-state index in [9.17, 15) is 18.1 Å². The zero-order chi connectivity index (χ0) is 27.3. The van der Waals surface area contributed by atoms with Crippen molar-refractivity contribution in [1.29, 1.82) is 5.26 Å². The summed E-state index contributed by atoms with van der Waals surface area (Å²) in [5.74, 6) is 1.57. The minimum Gasteiger partial charge on any atom is -0.497 e. The molecule has 0 N–H and O–H groups in total. The van der Waals surface area contributed by atoms with Gasteiger partial charge in [-0.25, -0.2) is 22.1 Å². The van der Waals surface area contributed by atoms with Crippen LogP contribution in [0.1, 0.15) is 22.3 Å². The highest BCUT2D eigenvalue weighted by molar-refractivity contribution is 7.93. The summed E-state index contributed by atoms with van der Waals surface area (Å²) in [7, 11) is -1.30. The monoisotopic (exact) mass is 554 g/mol. The standard InChI is InChI=1S/C26H23FN4O5S2/c1-17-8-18(13-27)10-23(9-17)36-22-6-7-25(20(11-22)14-28)38(32,33)31(26-29-16-30-37-26)15-19-4-5-21(34-2)12-24(19)35-3/h4-12,16H,13,15H2,1-3H3. The molecule has 0 amide bonds. The van der Waals surface area contributed by atoms with Crippen LogP contribution in [0.15, 0.2) is 65.8 Å². The molecule has 4 aromatic rings. The predicted molar refractivity (Wildman–Crippen MR) is 140 cm³/mol. The molecule has 0 unspecified atom stereocenters. The maximum Gasteiger partial charge on any atom is 0.267 e. The Morgan fingerprint density at radius 3 is 2.47 bits per heavy atom. The predicted octanol–water partition coefficient (Wildman–Crippen LogP) is 5.39. The molecule has 0 saturated carbocycles. The quantitative estimate of drug-likeness (QED) is 0.256. The molecule has 3 aromatic carbocycles. The fourth-order valence-electron chi connectivity index (χ4n) is 3.77. The van der Waals surface area contributed by atoms with Crippen LogP contribution in [-0.4, -0.2) is 32.0 Å². The summed E-state index contributed by atoms with van der Waals surface area (Å²) >= 11 is 0.898. The van der Waals surface area contributed by atoms with Crippen molar-refractivity contribution < 1.29 is 27.0 Å². The summed E-state index contributed by atoms with van der Waals surface area (Å²) in [6, 6.07) is 16.0. The van der Waals surface area contributed by atoms with Gasteiger partial charge in [-0.2, -0.15) is 9.64 Å². The van der Waals surface area contributed by atoms with Crippen LogP contribution in [0, 0.1) is 18.3 Å². The molecular formula is C26H23FN4O5S2. The highest BCUT2D eigenvalue weighted by Crippen LogP contribution is 2.34. The lowest BCUT2D eigenvalue weighted by Crippen LogP contribution is -2.31. The van der Waals surface area contributed by atoms with Gasteiger partial charge in [-0.05, 0) is 60.5 Å². The molecule has 4 rings (SSSR count). The van der Waals surface area contributed by atoms with E-state index < -0.39 is 16.7 Å². The largest absolute Gasteiger partial charge is 0.497 e. The number of hydrogen-bond donors (Lipinski definition) is 0. The highest BCUT2D eigenvalue weighted by atomic mass is 32.2. The number of nitrogens with zero attached hydrogens (tertiary/aromatic N) is 4. The summed E-state index contributed by atoms with van der Waals surface area (Å²) < 4.78 is 62.5. The first kappa shape index (κ1) is 26.8. The smallest absolute Gasteiger partial charge is 0.267 e. The van der Waals surface area contributed by atoms with Crippen LogP contribution in [0.25, 0.3) is 0 Å². The first-order chi connectivity index (χ1) is 18.3. The maximum absolute atomic E-state index is 13.9. The Bertz CT molecular complexity index is 1590. The van der Waals surface area contributed by atoms with Crippen LogP contribution in [0.2, 0.25) is 0 Å². The average molecular weight is 555 g/mol. The Hall–Kier alpha value is -4.21. The zero-order valence-electron chi connectivity index (χ0n) is 20.7. The minimum atomic E-state index is -4.29. The van der Waals surface area contributed by atoms with Gasteiger partial charge in [0, 0.05) is 23.2 Å². The molecule has 196 valence electrons. The molecule has 0 radical (unpaired) electrons. The summed E-state index contributed by atoms with van der Waals surface area (Å²) in [5, 5.41) is 9.96. The fraction of sp³-hybridized carbons (Fsp3) is 0.192. The second-order valence-corrected chi connectivity index (χ2v) is 10.7. The summed E-state index contributed by atoms with van der Waals surface area (Å²) in [4.78, 5) is 3.86. The maximum atomic E-state index is 13.9. The number of ether oxygens (including phenoxy) is 3. The van der Waals surface area contributed by atoms with E-state index in [1.807, 2.05) is 13.0 Å². The van der Waals surface area contributed by atoms with E-state index in [0.29, 0.717) is 28.4 Å². The van der Waals surface area contributed by atoms with Crippen molar-refractivity contribution in [2.24, 2.45) is 0 Å². The number of anilines is 1. The van der Waals surface area contributed by atoms with Crippen LogP contribution in [-0.2, 0) is 23.2 Å². The number of aromatic nitrogens is 2. The van der Waals surface area contributed by atoms with Gasteiger partial charge in [0.1, 0.15) is 47.0 Å². The zero-order valence-corrected chi connectivity index (χ0v) is 22.3. The van der Waals surface area contributed by atoms with E-state index in [4.69, 9.17) is 14.2 Å². The normalized spacial score (nSPS) is 11.0. The molecule has 1 heterocycles. The lowest BCUT2D eigenvalue weighted by Gasteiger charge is -2.23. The molecule has 0 saturated heterocycles. The molecule has 0 fully saturated rings. The molecule has 0 aliphatic heterocycles. The number of benzene rings is 3. The Balaban J connectivity index is 1.72. The molecule has 12 heteroatoms. The van der Waals surface area contributed by atoms with Crippen LogP contribution in [0.4, 0.5) is 9.52 Å². The number of halogens is 1. The third kappa shape index (κ3) is 5.69. The van der Waals surface area contributed by atoms with E-state index in [0.717, 1.165) is 21.4 Å². The minimum absolute atomic E-state index is 0.116. The van der Waals surface area contributed by atoms with Crippen molar-refractivity contribution in [3.8, 4) is 29.1 Å². The van der Waals surface area contributed by atoms with Gasteiger partial charge in [0.15, 0.2) is 0 Å². The van der Waals surface area contributed by atoms with Crippen molar-refractivity contribution in [2.75, 3.05) is 18.5 Å². The van der Waals surface area contributed by atoms with Crippen LogP contribution in [0.5, 0.6) is 23.0 Å². The molecule has 1 aromatic heterocycles. The first-order valence-corrected chi connectivity index (χ1v) is 13.4. The number of sulfonamides is 1. The van der Waals surface area contributed by atoms with Crippen molar-refractivity contribution in [1.82, 2.24) is 9.36 Å². The third-order valence-electron chi connectivity index (χ3n) is 5.51. The van der Waals surface area contributed by atoms with Gasteiger partial charge in [0.25, 0.3) is 10.0 Å². The van der Waals surface area contributed by atoms with Crippen molar-refractivity contribution in [3.05, 3.63) is 83.2 Å². The van der Waals surface area contributed by atoms with Crippen molar-refractivity contribution in [3.63, 3.8) is 0 Å². The fourth-order valence-corrected chi connectivity index (χ4v) is 6.02. The number of alkyl halides is 1. The van der Waals surface area contributed by atoms with Gasteiger partial charge in [0.05, 0.1) is 26.3 Å². The molecule has 0 atom stereocenters.